The van der Waals surface area contributed by atoms with Gasteiger partial charge in [0, 0.05) is 31.2 Å². The lowest BCUT2D eigenvalue weighted by molar-refractivity contribution is 0.457. The third-order valence-electron chi connectivity index (χ3n) is 5.25. The van der Waals surface area contributed by atoms with E-state index in [2.05, 4.69) is 16.1 Å². The molecule has 2 N–H and O–H groups in total. The average Bonchev–Trinajstić information content (AvgIpc) is 3.08. The van der Waals surface area contributed by atoms with E-state index in [1.165, 1.54) is 49.8 Å². The first-order chi connectivity index (χ1) is 9.36. The Labute approximate surface area is 114 Å². The molecule has 1 aromatic heterocycles. The summed E-state index contributed by atoms with van der Waals surface area (Å²) in [6.45, 7) is 1.78. The lowest BCUT2D eigenvalue weighted by Gasteiger charge is -2.35. The van der Waals surface area contributed by atoms with E-state index in [0.717, 1.165) is 18.4 Å². The van der Waals surface area contributed by atoms with Crippen molar-refractivity contribution in [1.82, 2.24) is 9.97 Å². The molecule has 0 amide bonds. The molecule has 2 heterocycles. The summed E-state index contributed by atoms with van der Waals surface area (Å²) in [7, 11) is 0. The van der Waals surface area contributed by atoms with Crippen molar-refractivity contribution in [3.63, 3.8) is 0 Å². The predicted octanol–water partition coefficient (Wildman–Crippen LogP) is 2.16. The molecule has 3 aliphatic rings. The van der Waals surface area contributed by atoms with Crippen LogP contribution in [-0.2, 0) is 0 Å². The number of rotatable bonds is 2. The Morgan fingerprint density at radius 2 is 2.11 bits per heavy atom. The van der Waals surface area contributed by atoms with E-state index >= 15 is 0 Å². The van der Waals surface area contributed by atoms with Gasteiger partial charge in [-0.25, -0.2) is 9.97 Å². The predicted molar refractivity (Wildman–Crippen MR) is 75.4 cm³/mol. The van der Waals surface area contributed by atoms with Gasteiger partial charge in [0.05, 0.1) is 5.69 Å². The van der Waals surface area contributed by atoms with Crippen LogP contribution in [0.2, 0.25) is 0 Å². The molecule has 1 aromatic rings. The molecule has 1 aliphatic heterocycles. The van der Waals surface area contributed by atoms with Gasteiger partial charge in [0.15, 0.2) is 0 Å². The molecule has 4 rings (SSSR count). The largest absolute Gasteiger partial charge is 0.337 e. The van der Waals surface area contributed by atoms with Gasteiger partial charge < -0.3 is 10.6 Å². The van der Waals surface area contributed by atoms with Crippen LogP contribution in [0.3, 0.4) is 0 Å². The summed E-state index contributed by atoms with van der Waals surface area (Å²) in [5, 5.41) is 0. The van der Waals surface area contributed by atoms with Crippen molar-refractivity contribution < 1.29 is 0 Å². The van der Waals surface area contributed by atoms with Crippen molar-refractivity contribution >= 4 is 5.95 Å². The van der Waals surface area contributed by atoms with Crippen LogP contribution < -0.4 is 10.6 Å². The van der Waals surface area contributed by atoms with E-state index < -0.39 is 0 Å². The Balaban J connectivity index is 1.67. The van der Waals surface area contributed by atoms with Crippen LogP contribution in [0.15, 0.2) is 6.20 Å². The molecule has 1 saturated carbocycles. The molecular formula is C15H22N4. The molecule has 1 saturated heterocycles. The zero-order valence-electron chi connectivity index (χ0n) is 11.4. The molecule has 4 nitrogen and oxygen atoms in total. The van der Waals surface area contributed by atoms with E-state index in [1.54, 1.807) is 0 Å². The van der Waals surface area contributed by atoms with Crippen LogP contribution >= 0.6 is 0 Å². The van der Waals surface area contributed by atoms with Gasteiger partial charge in [-0.2, -0.15) is 0 Å². The van der Waals surface area contributed by atoms with Crippen LogP contribution in [0.25, 0.3) is 0 Å². The Bertz CT molecular complexity index is 487. The molecule has 102 valence electrons. The lowest BCUT2D eigenvalue weighted by Crippen LogP contribution is -2.45. The number of nitrogens with zero attached hydrogens (tertiary/aromatic N) is 3. The number of hydrogen-bond acceptors (Lipinski definition) is 4. The highest BCUT2D eigenvalue weighted by Crippen LogP contribution is 2.52. The molecule has 19 heavy (non-hydrogen) atoms. The van der Waals surface area contributed by atoms with Gasteiger partial charge in [-0.15, -0.1) is 0 Å². The zero-order valence-corrected chi connectivity index (χ0v) is 11.4. The summed E-state index contributed by atoms with van der Waals surface area (Å²) in [6, 6.07) is 0.436. The van der Waals surface area contributed by atoms with Gasteiger partial charge in [0.1, 0.15) is 0 Å². The zero-order chi connectivity index (χ0) is 12.8. The molecule has 3 atom stereocenters. The minimum absolute atomic E-state index is 0.436. The van der Waals surface area contributed by atoms with E-state index in [0.29, 0.717) is 18.5 Å². The first kappa shape index (κ1) is 11.6. The number of fused-ring (bicyclic) bond motifs is 5. The van der Waals surface area contributed by atoms with Crippen molar-refractivity contribution in [1.29, 1.82) is 0 Å². The maximum absolute atomic E-state index is 5.91. The lowest BCUT2D eigenvalue weighted by atomic mass is 9.97. The SMILES string of the molecule is NCC1CCCCN1c1ncc2c(n1)C1CCC2C1. The normalized spacial score (nSPS) is 32.7. The molecule has 0 radical (unpaired) electrons. The van der Waals surface area contributed by atoms with Gasteiger partial charge in [0.25, 0.3) is 0 Å². The van der Waals surface area contributed by atoms with Crippen molar-refractivity contribution in [2.45, 2.75) is 56.4 Å². The van der Waals surface area contributed by atoms with Crippen molar-refractivity contribution in [2.75, 3.05) is 18.0 Å². The minimum Gasteiger partial charge on any atom is -0.337 e. The van der Waals surface area contributed by atoms with Gasteiger partial charge in [0.2, 0.25) is 5.95 Å². The van der Waals surface area contributed by atoms with Crippen molar-refractivity contribution in [2.24, 2.45) is 5.73 Å². The number of piperidine rings is 1. The van der Waals surface area contributed by atoms with Gasteiger partial charge >= 0.3 is 0 Å². The molecular weight excluding hydrogens is 236 g/mol. The fourth-order valence-electron chi connectivity index (χ4n) is 4.20. The highest BCUT2D eigenvalue weighted by atomic mass is 15.3. The van der Waals surface area contributed by atoms with Crippen LogP contribution in [0.1, 0.15) is 61.6 Å². The molecule has 0 spiro atoms. The molecule has 2 bridgehead atoms. The Kier molecular flexibility index (Phi) is 2.72. The van der Waals surface area contributed by atoms with E-state index in [1.807, 2.05) is 0 Å². The summed E-state index contributed by atoms with van der Waals surface area (Å²) < 4.78 is 0. The number of nitrogens with two attached hydrogens (primary N) is 1. The smallest absolute Gasteiger partial charge is 0.225 e. The first-order valence-electron chi connectivity index (χ1n) is 7.70. The third-order valence-corrected chi connectivity index (χ3v) is 5.25. The third kappa shape index (κ3) is 1.76. The summed E-state index contributed by atoms with van der Waals surface area (Å²) in [4.78, 5) is 11.9. The molecule has 2 aliphatic carbocycles. The van der Waals surface area contributed by atoms with Gasteiger partial charge in [-0.1, -0.05) is 0 Å². The van der Waals surface area contributed by atoms with Gasteiger partial charge in [-0.05, 0) is 50.0 Å². The van der Waals surface area contributed by atoms with Crippen LogP contribution in [-0.4, -0.2) is 29.1 Å². The van der Waals surface area contributed by atoms with Crippen LogP contribution in [0.4, 0.5) is 5.95 Å². The molecule has 2 fully saturated rings. The summed E-state index contributed by atoms with van der Waals surface area (Å²) >= 11 is 0. The maximum Gasteiger partial charge on any atom is 0.225 e. The second kappa shape index (κ2) is 4.44. The number of anilines is 1. The highest BCUT2D eigenvalue weighted by Gasteiger charge is 2.39. The first-order valence-corrected chi connectivity index (χ1v) is 7.70. The van der Waals surface area contributed by atoms with Crippen molar-refractivity contribution in [3.8, 4) is 0 Å². The monoisotopic (exact) mass is 258 g/mol. The minimum atomic E-state index is 0.436. The summed E-state index contributed by atoms with van der Waals surface area (Å²) in [5.74, 6) is 2.39. The Morgan fingerprint density at radius 3 is 3.00 bits per heavy atom. The van der Waals surface area contributed by atoms with Crippen LogP contribution in [0.5, 0.6) is 0 Å². The molecule has 3 unspecified atom stereocenters. The van der Waals surface area contributed by atoms with E-state index in [9.17, 15) is 0 Å². The summed E-state index contributed by atoms with van der Waals surface area (Å²) in [6.07, 6.45) is 9.79. The van der Waals surface area contributed by atoms with Gasteiger partial charge in [-0.3, -0.25) is 0 Å². The van der Waals surface area contributed by atoms with Crippen molar-refractivity contribution in [3.05, 3.63) is 17.5 Å². The Morgan fingerprint density at radius 1 is 1.21 bits per heavy atom. The summed E-state index contributed by atoms with van der Waals surface area (Å²) in [5.41, 5.74) is 8.69. The average molecular weight is 258 g/mol. The van der Waals surface area contributed by atoms with E-state index in [-0.39, 0.29) is 0 Å². The second-order valence-electron chi connectivity index (χ2n) is 6.30. The molecule has 0 aromatic carbocycles. The molecule has 4 heteroatoms. The maximum atomic E-state index is 5.91. The highest BCUT2D eigenvalue weighted by molar-refractivity contribution is 5.41. The standard InChI is InChI=1S/C15H22N4/c16-8-12-3-1-2-6-19(12)15-17-9-13-10-4-5-11(7-10)14(13)18-15/h9-12H,1-8,16H2. The fraction of sp³-hybridized carbons (Fsp3) is 0.733. The second-order valence-corrected chi connectivity index (χ2v) is 6.30. The van der Waals surface area contributed by atoms with E-state index in [4.69, 9.17) is 10.7 Å². The topological polar surface area (TPSA) is 55.0 Å². The fourth-order valence-corrected chi connectivity index (χ4v) is 4.20. The number of aromatic nitrogens is 2. The Hall–Kier alpha value is -1.16. The number of hydrogen-bond donors (Lipinski definition) is 1. The van der Waals surface area contributed by atoms with Crippen LogP contribution in [0, 0.1) is 0 Å². The quantitative estimate of drug-likeness (QED) is 0.883.